The first-order valence-electron chi connectivity index (χ1n) is 12.1. The zero-order chi connectivity index (χ0) is 20.8. The van der Waals surface area contributed by atoms with E-state index < -0.39 is 0 Å². The molecule has 0 aliphatic carbocycles. The van der Waals surface area contributed by atoms with Gasteiger partial charge in [-0.3, -0.25) is 4.79 Å². The first-order valence-corrected chi connectivity index (χ1v) is 12.1. The van der Waals surface area contributed by atoms with E-state index in [0.29, 0.717) is 24.6 Å². The largest absolute Gasteiger partial charge is 0.379 e. The lowest BCUT2D eigenvalue weighted by atomic mass is 9.92. The zero-order valence-electron chi connectivity index (χ0n) is 18.7. The number of nitrogens with zero attached hydrogens (tertiary/aromatic N) is 3. The summed E-state index contributed by atoms with van der Waals surface area (Å²) in [5.41, 5.74) is 1.45. The van der Waals surface area contributed by atoms with E-state index in [1.165, 1.54) is 50.9 Å². The summed E-state index contributed by atoms with van der Waals surface area (Å²) in [6.07, 6.45) is 8.03. The minimum absolute atomic E-state index is 0.213. The highest BCUT2D eigenvalue weighted by molar-refractivity contribution is 5.79. The molecule has 1 aromatic carbocycles. The molecule has 0 spiro atoms. The Kier molecular flexibility index (Phi) is 7.80. The smallest absolute Gasteiger partial charge is 0.225 e. The Hall–Kier alpha value is -1.43. The first kappa shape index (κ1) is 21.8. The quantitative estimate of drug-likeness (QED) is 0.688. The van der Waals surface area contributed by atoms with Crippen LogP contribution in [0.5, 0.6) is 0 Å². The second-order valence-corrected chi connectivity index (χ2v) is 9.44. The number of hydrogen-bond acceptors (Lipinski definition) is 4. The number of benzene rings is 1. The first-order chi connectivity index (χ1) is 14.7. The molecule has 166 valence electrons. The van der Waals surface area contributed by atoms with E-state index in [1.807, 2.05) is 11.9 Å². The molecule has 0 N–H and O–H groups in total. The molecule has 1 aromatic rings. The van der Waals surface area contributed by atoms with Gasteiger partial charge in [-0.05, 0) is 83.2 Å². The van der Waals surface area contributed by atoms with Gasteiger partial charge >= 0.3 is 0 Å². The molecule has 0 radical (unpaired) electrons. The molecule has 3 fully saturated rings. The maximum absolute atomic E-state index is 12.9. The molecule has 3 aliphatic heterocycles. The van der Waals surface area contributed by atoms with Gasteiger partial charge in [0, 0.05) is 25.6 Å². The number of carbonyl (C=O) groups is 1. The molecule has 3 saturated heterocycles. The maximum Gasteiger partial charge on any atom is 0.225 e. The van der Waals surface area contributed by atoms with E-state index >= 15 is 0 Å². The molecule has 1 atom stereocenters. The third-order valence-corrected chi connectivity index (χ3v) is 7.54. The SMILES string of the molecule is CN(C(=O)C1CCN(C2CCN(CCCc3ccccc3)CC2)CC1)[C@@H]1CCOC1. The van der Waals surface area contributed by atoms with Crippen molar-refractivity contribution in [2.24, 2.45) is 5.92 Å². The molecule has 3 heterocycles. The van der Waals surface area contributed by atoms with E-state index in [4.69, 9.17) is 4.74 Å². The summed E-state index contributed by atoms with van der Waals surface area (Å²) in [6.45, 7) is 7.35. The van der Waals surface area contributed by atoms with Crippen LogP contribution in [-0.2, 0) is 16.0 Å². The van der Waals surface area contributed by atoms with Crippen LogP contribution in [0.25, 0.3) is 0 Å². The lowest BCUT2D eigenvalue weighted by Crippen LogP contribution is -2.50. The summed E-state index contributed by atoms with van der Waals surface area (Å²) in [6, 6.07) is 11.8. The van der Waals surface area contributed by atoms with E-state index in [1.54, 1.807) is 0 Å². The lowest BCUT2D eigenvalue weighted by Gasteiger charge is -2.42. The van der Waals surface area contributed by atoms with Crippen LogP contribution in [0.2, 0.25) is 0 Å². The molecule has 0 saturated carbocycles. The molecular weight excluding hydrogens is 374 g/mol. The summed E-state index contributed by atoms with van der Waals surface area (Å²) in [4.78, 5) is 20.2. The molecule has 5 nitrogen and oxygen atoms in total. The predicted molar refractivity (Wildman–Crippen MR) is 121 cm³/mol. The number of ether oxygens (including phenoxy) is 1. The Bertz CT molecular complexity index is 646. The summed E-state index contributed by atoms with van der Waals surface area (Å²) < 4.78 is 5.46. The standard InChI is InChI=1S/C25H39N3O2/c1-26(24-13-19-30-20-24)25(29)22-9-17-28(18-10-22)23-11-15-27(16-12-23)14-5-8-21-6-3-2-4-7-21/h2-4,6-7,22-24H,5,8-20H2,1H3/t24-/m1/s1. The second kappa shape index (κ2) is 10.7. The van der Waals surface area contributed by atoms with Gasteiger partial charge in [0.15, 0.2) is 0 Å². The van der Waals surface area contributed by atoms with Crippen molar-refractivity contribution >= 4 is 5.91 Å². The highest BCUT2D eigenvalue weighted by atomic mass is 16.5. The third kappa shape index (κ3) is 5.63. The van der Waals surface area contributed by atoms with Gasteiger partial charge in [0.05, 0.1) is 12.6 Å². The van der Waals surface area contributed by atoms with E-state index in [2.05, 4.69) is 40.1 Å². The van der Waals surface area contributed by atoms with Crippen molar-refractivity contribution in [1.29, 1.82) is 0 Å². The summed E-state index contributed by atoms with van der Waals surface area (Å²) in [5.74, 6) is 0.559. The van der Waals surface area contributed by atoms with Crippen LogP contribution in [0.1, 0.15) is 44.1 Å². The molecular formula is C25H39N3O2. The van der Waals surface area contributed by atoms with Gasteiger partial charge in [0.2, 0.25) is 5.91 Å². The third-order valence-electron chi connectivity index (χ3n) is 7.54. The van der Waals surface area contributed by atoms with Crippen molar-refractivity contribution in [3.8, 4) is 0 Å². The Morgan fingerprint density at radius 3 is 2.43 bits per heavy atom. The van der Waals surface area contributed by atoms with Gasteiger partial charge in [0.25, 0.3) is 0 Å². The highest BCUT2D eigenvalue weighted by Crippen LogP contribution is 2.26. The van der Waals surface area contributed by atoms with Crippen LogP contribution in [0, 0.1) is 5.92 Å². The maximum atomic E-state index is 12.9. The van der Waals surface area contributed by atoms with Crippen molar-refractivity contribution in [2.45, 2.75) is 57.0 Å². The molecule has 1 amide bonds. The summed E-state index contributed by atoms with van der Waals surface area (Å²) in [5, 5.41) is 0. The number of likely N-dealkylation sites (N-methyl/N-ethyl adjacent to an activating group) is 1. The molecule has 0 unspecified atom stereocenters. The Balaban J connectivity index is 1.13. The molecule has 5 heteroatoms. The van der Waals surface area contributed by atoms with Crippen molar-refractivity contribution in [3.05, 3.63) is 35.9 Å². The highest BCUT2D eigenvalue weighted by Gasteiger charge is 2.34. The predicted octanol–water partition coefficient (Wildman–Crippen LogP) is 3.04. The number of aryl methyl sites for hydroxylation is 1. The van der Waals surface area contributed by atoms with E-state index in [-0.39, 0.29) is 5.92 Å². The number of carbonyl (C=O) groups excluding carboxylic acids is 1. The van der Waals surface area contributed by atoms with Crippen LogP contribution >= 0.6 is 0 Å². The molecule has 3 aliphatic rings. The van der Waals surface area contributed by atoms with E-state index in [0.717, 1.165) is 39.0 Å². The van der Waals surface area contributed by atoms with Gasteiger partial charge in [0.1, 0.15) is 0 Å². The molecule has 0 bridgehead atoms. The van der Waals surface area contributed by atoms with Crippen molar-refractivity contribution < 1.29 is 9.53 Å². The van der Waals surface area contributed by atoms with E-state index in [9.17, 15) is 4.79 Å². The molecule has 0 aromatic heterocycles. The van der Waals surface area contributed by atoms with Gasteiger partial charge in [-0.15, -0.1) is 0 Å². The average molecular weight is 414 g/mol. The minimum atomic E-state index is 0.213. The number of piperidine rings is 2. The van der Waals surface area contributed by atoms with Crippen LogP contribution in [0.4, 0.5) is 0 Å². The van der Waals surface area contributed by atoms with Crippen LogP contribution in [-0.4, -0.2) is 85.7 Å². The van der Waals surface area contributed by atoms with Gasteiger partial charge in [-0.2, -0.15) is 0 Å². The van der Waals surface area contributed by atoms with Crippen LogP contribution < -0.4 is 0 Å². The van der Waals surface area contributed by atoms with Gasteiger partial charge in [-0.1, -0.05) is 30.3 Å². The summed E-state index contributed by atoms with van der Waals surface area (Å²) >= 11 is 0. The monoisotopic (exact) mass is 413 g/mol. The van der Waals surface area contributed by atoms with Crippen molar-refractivity contribution in [3.63, 3.8) is 0 Å². The summed E-state index contributed by atoms with van der Waals surface area (Å²) in [7, 11) is 1.97. The normalized spacial score (nSPS) is 24.9. The van der Waals surface area contributed by atoms with Crippen molar-refractivity contribution in [1.82, 2.24) is 14.7 Å². The Morgan fingerprint density at radius 2 is 1.77 bits per heavy atom. The number of likely N-dealkylation sites (tertiary alicyclic amines) is 2. The Labute approximate surface area is 182 Å². The number of amides is 1. The zero-order valence-corrected chi connectivity index (χ0v) is 18.7. The lowest BCUT2D eigenvalue weighted by molar-refractivity contribution is -0.138. The van der Waals surface area contributed by atoms with Gasteiger partial charge in [-0.25, -0.2) is 0 Å². The number of hydrogen-bond donors (Lipinski definition) is 0. The topological polar surface area (TPSA) is 36.0 Å². The molecule has 4 rings (SSSR count). The fourth-order valence-electron chi connectivity index (χ4n) is 5.47. The average Bonchev–Trinajstić information content (AvgIpc) is 3.34. The van der Waals surface area contributed by atoms with Gasteiger partial charge < -0.3 is 19.4 Å². The molecule has 30 heavy (non-hydrogen) atoms. The minimum Gasteiger partial charge on any atom is -0.379 e. The van der Waals surface area contributed by atoms with Crippen LogP contribution in [0.15, 0.2) is 30.3 Å². The van der Waals surface area contributed by atoms with Crippen LogP contribution in [0.3, 0.4) is 0 Å². The van der Waals surface area contributed by atoms with Crippen molar-refractivity contribution in [2.75, 3.05) is 53.0 Å². The fourth-order valence-corrected chi connectivity index (χ4v) is 5.47. The number of rotatable bonds is 7. The Morgan fingerprint density at radius 1 is 1.03 bits per heavy atom. The second-order valence-electron chi connectivity index (χ2n) is 9.44. The fraction of sp³-hybridized carbons (Fsp3) is 0.720.